The van der Waals surface area contributed by atoms with Gasteiger partial charge in [0, 0.05) is 45.8 Å². The normalized spacial score (nSPS) is 16.1. The SMILES string of the molecule is CN=C(NCCCOC1CCOCC1)NC(C)c1cccc(-n2cccn2)c1.I. The molecule has 0 radical (unpaired) electrons. The number of ether oxygens (including phenoxy) is 2. The minimum Gasteiger partial charge on any atom is -0.381 e. The minimum atomic E-state index is 0. The van der Waals surface area contributed by atoms with Crippen LogP contribution in [0, 0.1) is 0 Å². The average molecular weight is 513 g/mol. The monoisotopic (exact) mass is 513 g/mol. The summed E-state index contributed by atoms with van der Waals surface area (Å²) in [6, 6.07) is 10.4. The molecule has 1 fully saturated rings. The first-order valence-corrected chi connectivity index (χ1v) is 10.0. The second-order valence-corrected chi connectivity index (χ2v) is 6.95. The molecular formula is C21H32IN5O2. The van der Waals surface area contributed by atoms with E-state index in [1.165, 1.54) is 5.56 Å². The fourth-order valence-corrected chi connectivity index (χ4v) is 3.21. The van der Waals surface area contributed by atoms with Crippen LogP contribution in [0.3, 0.4) is 0 Å². The van der Waals surface area contributed by atoms with E-state index in [1.54, 1.807) is 13.2 Å². The summed E-state index contributed by atoms with van der Waals surface area (Å²) in [5, 5.41) is 11.1. The first kappa shape index (κ1) is 23.6. The van der Waals surface area contributed by atoms with Crippen LogP contribution >= 0.6 is 24.0 Å². The number of halogens is 1. The zero-order chi connectivity index (χ0) is 19.6. The van der Waals surface area contributed by atoms with Gasteiger partial charge in [0.25, 0.3) is 0 Å². The summed E-state index contributed by atoms with van der Waals surface area (Å²) in [5.41, 5.74) is 2.23. The lowest BCUT2D eigenvalue weighted by atomic mass is 10.1. The number of hydrogen-bond acceptors (Lipinski definition) is 4. The van der Waals surface area contributed by atoms with Crippen LogP contribution in [0.15, 0.2) is 47.7 Å². The van der Waals surface area contributed by atoms with E-state index in [-0.39, 0.29) is 30.0 Å². The van der Waals surface area contributed by atoms with E-state index in [0.717, 1.165) is 57.3 Å². The van der Waals surface area contributed by atoms with Crippen molar-refractivity contribution in [1.29, 1.82) is 0 Å². The van der Waals surface area contributed by atoms with Crippen LogP contribution in [0.1, 0.15) is 37.8 Å². The Morgan fingerprint density at radius 3 is 2.90 bits per heavy atom. The van der Waals surface area contributed by atoms with Crippen LogP contribution in [0.5, 0.6) is 0 Å². The highest BCUT2D eigenvalue weighted by Gasteiger charge is 2.13. The van der Waals surface area contributed by atoms with Gasteiger partial charge < -0.3 is 20.1 Å². The maximum Gasteiger partial charge on any atom is 0.191 e. The topological polar surface area (TPSA) is 72.7 Å². The quantitative estimate of drug-likeness (QED) is 0.245. The molecule has 7 nitrogen and oxygen atoms in total. The van der Waals surface area contributed by atoms with Gasteiger partial charge in [-0.1, -0.05) is 12.1 Å². The molecular weight excluding hydrogens is 481 g/mol. The molecule has 0 bridgehead atoms. The number of nitrogens with one attached hydrogen (secondary N) is 2. The summed E-state index contributed by atoms with van der Waals surface area (Å²) in [5.74, 6) is 0.794. The van der Waals surface area contributed by atoms with Crippen LogP contribution in [0.25, 0.3) is 5.69 Å². The first-order valence-electron chi connectivity index (χ1n) is 10.0. The largest absolute Gasteiger partial charge is 0.381 e. The van der Waals surface area contributed by atoms with Gasteiger partial charge in [0.15, 0.2) is 5.96 Å². The fourth-order valence-electron chi connectivity index (χ4n) is 3.21. The van der Waals surface area contributed by atoms with Crippen molar-refractivity contribution >= 4 is 29.9 Å². The summed E-state index contributed by atoms with van der Waals surface area (Å²) < 4.78 is 13.1. The number of nitrogens with zero attached hydrogens (tertiary/aromatic N) is 3. The van der Waals surface area contributed by atoms with Crippen LogP contribution in [-0.4, -0.2) is 55.3 Å². The van der Waals surface area contributed by atoms with E-state index < -0.39 is 0 Å². The zero-order valence-electron chi connectivity index (χ0n) is 17.2. The van der Waals surface area contributed by atoms with Crippen molar-refractivity contribution in [1.82, 2.24) is 20.4 Å². The number of hydrogen-bond donors (Lipinski definition) is 2. The van der Waals surface area contributed by atoms with Crippen molar-refractivity contribution in [3.05, 3.63) is 48.3 Å². The molecule has 29 heavy (non-hydrogen) atoms. The van der Waals surface area contributed by atoms with Gasteiger partial charge in [0.1, 0.15) is 0 Å². The summed E-state index contributed by atoms with van der Waals surface area (Å²) >= 11 is 0. The molecule has 0 amide bonds. The van der Waals surface area contributed by atoms with Gasteiger partial charge in [0.05, 0.1) is 17.8 Å². The third-order valence-corrected chi connectivity index (χ3v) is 4.85. The number of benzene rings is 1. The smallest absolute Gasteiger partial charge is 0.191 e. The third kappa shape index (κ3) is 7.60. The van der Waals surface area contributed by atoms with Crippen molar-refractivity contribution in [2.75, 3.05) is 33.4 Å². The molecule has 0 aliphatic carbocycles. The molecule has 0 spiro atoms. The Kier molecular flexibility index (Phi) is 10.4. The maximum atomic E-state index is 5.91. The second kappa shape index (κ2) is 12.8. The molecule has 1 aliphatic heterocycles. The highest BCUT2D eigenvalue weighted by Crippen LogP contribution is 2.16. The molecule has 2 N–H and O–H groups in total. The lowest BCUT2D eigenvalue weighted by Crippen LogP contribution is -2.39. The van der Waals surface area contributed by atoms with E-state index in [9.17, 15) is 0 Å². The van der Waals surface area contributed by atoms with E-state index in [1.807, 2.05) is 23.0 Å². The van der Waals surface area contributed by atoms with Crippen LogP contribution in [-0.2, 0) is 9.47 Å². The molecule has 2 heterocycles. The Morgan fingerprint density at radius 1 is 1.34 bits per heavy atom. The average Bonchev–Trinajstić information content (AvgIpc) is 3.28. The van der Waals surface area contributed by atoms with E-state index in [0.29, 0.717) is 6.10 Å². The van der Waals surface area contributed by atoms with Crippen molar-refractivity contribution in [3.63, 3.8) is 0 Å². The molecule has 3 rings (SSSR count). The van der Waals surface area contributed by atoms with Crippen LogP contribution in [0.4, 0.5) is 0 Å². The summed E-state index contributed by atoms with van der Waals surface area (Å²) in [6.07, 6.45) is 7.04. The molecule has 1 aromatic heterocycles. The molecule has 2 aromatic rings. The van der Waals surface area contributed by atoms with Gasteiger partial charge in [-0.25, -0.2) is 4.68 Å². The summed E-state index contributed by atoms with van der Waals surface area (Å²) in [4.78, 5) is 4.33. The number of rotatable bonds is 8. The van der Waals surface area contributed by atoms with Crippen LogP contribution in [0.2, 0.25) is 0 Å². The molecule has 8 heteroatoms. The summed E-state index contributed by atoms with van der Waals surface area (Å²) in [6.45, 7) is 5.35. The number of aliphatic imine (C=N–C) groups is 1. The van der Waals surface area contributed by atoms with Gasteiger partial charge in [0.2, 0.25) is 0 Å². The Morgan fingerprint density at radius 2 is 2.17 bits per heavy atom. The fraction of sp³-hybridized carbons (Fsp3) is 0.524. The molecule has 160 valence electrons. The van der Waals surface area contributed by atoms with Crippen LogP contribution < -0.4 is 10.6 Å². The van der Waals surface area contributed by atoms with E-state index in [4.69, 9.17) is 9.47 Å². The van der Waals surface area contributed by atoms with Gasteiger partial charge in [-0.3, -0.25) is 4.99 Å². The molecule has 1 saturated heterocycles. The Balaban J connectivity index is 0.00000300. The third-order valence-electron chi connectivity index (χ3n) is 4.85. The van der Waals surface area contributed by atoms with Gasteiger partial charge in [-0.2, -0.15) is 5.10 Å². The first-order chi connectivity index (χ1) is 13.8. The molecule has 1 atom stereocenters. The summed E-state index contributed by atoms with van der Waals surface area (Å²) in [7, 11) is 1.79. The highest BCUT2D eigenvalue weighted by molar-refractivity contribution is 14.0. The molecule has 1 aromatic carbocycles. The lowest BCUT2D eigenvalue weighted by Gasteiger charge is -2.22. The van der Waals surface area contributed by atoms with E-state index >= 15 is 0 Å². The van der Waals surface area contributed by atoms with Gasteiger partial charge in [-0.05, 0) is 49.9 Å². The second-order valence-electron chi connectivity index (χ2n) is 6.95. The molecule has 1 unspecified atom stereocenters. The predicted octanol–water partition coefficient (Wildman–Crippen LogP) is 3.30. The number of aromatic nitrogens is 2. The maximum absolute atomic E-state index is 5.91. The standard InChI is InChI=1S/C21H31N5O2.HI/c1-17(18-6-3-7-19(16-18)26-12-4-11-24-26)25-21(22-2)23-10-5-13-28-20-8-14-27-15-9-20;/h3-4,6-7,11-12,16-17,20H,5,8-10,13-15H2,1-2H3,(H2,22,23,25);1H. The van der Waals surface area contributed by atoms with Crippen molar-refractivity contribution < 1.29 is 9.47 Å². The van der Waals surface area contributed by atoms with Crippen molar-refractivity contribution in [3.8, 4) is 5.69 Å². The number of guanidine groups is 1. The van der Waals surface area contributed by atoms with Crippen molar-refractivity contribution in [2.45, 2.75) is 38.3 Å². The van der Waals surface area contributed by atoms with Gasteiger partial charge >= 0.3 is 0 Å². The highest BCUT2D eigenvalue weighted by atomic mass is 127. The zero-order valence-corrected chi connectivity index (χ0v) is 19.5. The predicted molar refractivity (Wildman–Crippen MR) is 126 cm³/mol. The molecule has 1 aliphatic rings. The Bertz CT molecular complexity index is 732. The van der Waals surface area contributed by atoms with Crippen molar-refractivity contribution in [2.24, 2.45) is 4.99 Å². The minimum absolute atomic E-state index is 0. The van der Waals surface area contributed by atoms with E-state index in [2.05, 4.69) is 45.8 Å². The lowest BCUT2D eigenvalue weighted by molar-refractivity contribution is -0.0320. The molecule has 0 saturated carbocycles. The Hall–Kier alpha value is -1.65. The Labute approximate surface area is 190 Å². The van der Waals surface area contributed by atoms with Gasteiger partial charge in [-0.15, -0.1) is 24.0 Å².